The molecule has 0 saturated carbocycles. The molecular weight excluding hydrogens is 340 g/mol. The van der Waals surface area contributed by atoms with Crippen LogP contribution in [0.4, 0.5) is 0 Å². The van der Waals surface area contributed by atoms with E-state index in [1.807, 2.05) is 0 Å². The standard InChI is InChI=1S/C19H14O7/c1-24-16-9-11(6-7-15(16)25-10-17(20)21)8-13-18(22)12-4-2-3-5-14(12)26-19(13)23/h2-9H,10H2,1H3,(H,20,21)/b13-8+. The van der Waals surface area contributed by atoms with Gasteiger partial charge in [-0.2, -0.15) is 0 Å². The average Bonchev–Trinajstić information content (AvgIpc) is 2.63. The van der Waals surface area contributed by atoms with Crippen LogP contribution < -0.4 is 14.2 Å². The number of methoxy groups -OCH3 is 1. The molecule has 0 bridgehead atoms. The predicted molar refractivity (Wildman–Crippen MR) is 90.5 cm³/mol. The van der Waals surface area contributed by atoms with E-state index in [0.29, 0.717) is 11.1 Å². The van der Waals surface area contributed by atoms with Crippen molar-refractivity contribution < 1.29 is 33.7 Å². The van der Waals surface area contributed by atoms with Crippen LogP contribution in [-0.2, 0) is 9.59 Å². The summed E-state index contributed by atoms with van der Waals surface area (Å²) >= 11 is 0. The number of carboxylic acid groups (broad SMARTS) is 1. The van der Waals surface area contributed by atoms with Crippen LogP contribution in [0.15, 0.2) is 48.0 Å². The van der Waals surface area contributed by atoms with E-state index in [2.05, 4.69) is 0 Å². The second-order valence-electron chi connectivity index (χ2n) is 5.37. The lowest BCUT2D eigenvalue weighted by Gasteiger charge is -2.16. The molecule has 1 aliphatic rings. The van der Waals surface area contributed by atoms with Crippen molar-refractivity contribution in [1.82, 2.24) is 0 Å². The highest BCUT2D eigenvalue weighted by molar-refractivity contribution is 6.30. The number of carbonyl (C=O) groups excluding carboxylic acids is 2. The lowest BCUT2D eigenvalue weighted by Crippen LogP contribution is -2.24. The number of para-hydroxylation sites is 1. The number of carbonyl (C=O) groups is 3. The summed E-state index contributed by atoms with van der Waals surface area (Å²) in [6, 6.07) is 11.1. The number of hydrogen-bond acceptors (Lipinski definition) is 6. The molecule has 1 heterocycles. The number of rotatable bonds is 5. The normalized spacial score (nSPS) is 14.6. The Bertz CT molecular complexity index is 927. The van der Waals surface area contributed by atoms with Gasteiger partial charge in [-0.3, -0.25) is 4.79 Å². The third-order valence-corrected chi connectivity index (χ3v) is 3.65. The van der Waals surface area contributed by atoms with E-state index in [4.69, 9.17) is 19.3 Å². The summed E-state index contributed by atoms with van der Waals surface area (Å²) in [5.74, 6) is -1.54. The lowest BCUT2D eigenvalue weighted by atomic mass is 9.98. The zero-order valence-electron chi connectivity index (χ0n) is 13.7. The average molecular weight is 354 g/mol. The molecule has 0 saturated heterocycles. The van der Waals surface area contributed by atoms with Crippen LogP contribution in [0.3, 0.4) is 0 Å². The molecule has 7 nitrogen and oxygen atoms in total. The van der Waals surface area contributed by atoms with E-state index in [1.165, 1.54) is 25.3 Å². The van der Waals surface area contributed by atoms with E-state index in [1.54, 1.807) is 30.3 Å². The van der Waals surface area contributed by atoms with E-state index >= 15 is 0 Å². The highest BCUT2D eigenvalue weighted by Crippen LogP contribution is 2.31. The van der Waals surface area contributed by atoms with Crippen LogP contribution in [0.5, 0.6) is 17.2 Å². The van der Waals surface area contributed by atoms with Crippen LogP contribution in [0.25, 0.3) is 6.08 Å². The third-order valence-electron chi connectivity index (χ3n) is 3.65. The molecule has 0 atom stereocenters. The number of aliphatic carboxylic acids is 1. The molecule has 132 valence electrons. The Labute approximate surface area is 148 Å². The smallest absolute Gasteiger partial charge is 0.347 e. The van der Waals surface area contributed by atoms with Crippen LogP contribution in [0.1, 0.15) is 15.9 Å². The summed E-state index contributed by atoms with van der Waals surface area (Å²) in [6.07, 6.45) is 1.39. The molecule has 1 aliphatic heterocycles. The first-order chi connectivity index (χ1) is 12.5. The Morgan fingerprint density at radius 1 is 1.15 bits per heavy atom. The predicted octanol–water partition coefficient (Wildman–Crippen LogP) is 2.34. The third kappa shape index (κ3) is 3.41. The number of hydrogen-bond donors (Lipinski definition) is 1. The van der Waals surface area contributed by atoms with Gasteiger partial charge in [0.15, 0.2) is 18.1 Å². The minimum absolute atomic E-state index is 0.107. The maximum atomic E-state index is 12.5. The molecule has 0 fully saturated rings. The van der Waals surface area contributed by atoms with Crippen molar-refractivity contribution in [2.75, 3.05) is 13.7 Å². The molecule has 0 aliphatic carbocycles. The number of carboxylic acids is 1. The summed E-state index contributed by atoms with van der Waals surface area (Å²) in [6.45, 7) is -0.515. The van der Waals surface area contributed by atoms with Crippen LogP contribution in [0, 0.1) is 0 Å². The monoisotopic (exact) mass is 354 g/mol. The van der Waals surface area contributed by atoms with Gasteiger partial charge in [-0.1, -0.05) is 18.2 Å². The van der Waals surface area contributed by atoms with Crippen molar-refractivity contribution in [3.05, 3.63) is 59.2 Å². The Balaban J connectivity index is 1.93. The fourth-order valence-corrected chi connectivity index (χ4v) is 2.46. The molecule has 0 spiro atoms. The highest BCUT2D eigenvalue weighted by atomic mass is 16.5. The first-order valence-corrected chi connectivity index (χ1v) is 7.60. The topological polar surface area (TPSA) is 99.1 Å². The van der Waals surface area contributed by atoms with Gasteiger partial charge in [-0.05, 0) is 35.9 Å². The molecule has 3 rings (SSSR count). The Morgan fingerprint density at radius 2 is 1.92 bits per heavy atom. The van der Waals surface area contributed by atoms with E-state index < -0.39 is 24.3 Å². The zero-order chi connectivity index (χ0) is 18.7. The van der Waals surface area contributed by atoms with E-state index in [0.717, 1.165) is 0 Å². The molecular formula is C19H14O7. The summed E-state index contributed by atoms with van der Waals surface area (Å²) in [5, 5.41) is 8.68. The fraction of sp³-hybridized carbons (Fsp3) is 0.105. The van der Waals surface area contributed by atoms with Crippen molar-refractivity contribution in [1.29, 1.82) is 0 Å². The van der Waals surface area contributed by atoms with Gasteiger partial charge >= 0.3 is 11.9 Å². The van der Waals surface area contributed by atoms with Gasteiger partial charge < -0.3 is 19.3 Å². The molecule has 0 amide bonds. The Morgan fingerprint density at radius 3 is 2.65 bits per heavy atom. The maximum absolute atomic E-state index is 12.5. The summed E-state index contributed by atoms with van der Waals surface area (Å²) in [5.41, 5.74) is 0.709. The molecule has 0 aromatic heterocycles. The molecule has 2 aromatic carbocycles. The number of esters is 1. The SMILES string of the molecule is COc1cc(/C=C2/C(=O)Oc3ccccc3C2=O)ccc1OCC(=O)O. The van der Waals surface area contributed by atoms with Crippen LogP contribution in [-0.4, -0.2) is 36.5 Å². The van der Waals surface area contributed by atoms with Crippen molar-refractivity contribution in [3.8, 4) is 17.2 Å². The quantitative estimate of drug-likeness (QED) is 0.381. The Hall–Kier alpha value is -3.61. The van der Waals surface area contributed by atoms with E-state index in [9.17, 15) is 14.4 Å². The minimum atomic E-state index is -1.12. The second-order valence-corrected chi connectivity index (χ2v) is 5.37. The zero-order valence-corrected chi connectivity index (χ0v) is 13.7. The van der Waals surface area contributed by atoms with Crippen LogP contribution in [0.2, 0.25) is 0 Å². The molecule has 0 radical (unpaired) electrons. The highest BCUT2D eigenvalue weighted by Gasteiger charge is 2.30. The Kier molecular flexibility index (Phi) is 4.70. The first-order valence-electron chi connectivity index (χ1n) is 7.60. The molecule has 26 heavy (non-hydrogen) atoms. The van der Waals surface area contributed by atoms with Crippen molar-refractivity contribution in [2.45, 2.75) is 0 Å². The van der Waals surface area contributed by atoms with Crippen molar-refractivity contribution in [3.63, 3.8) is 0 Å². The number of fused-ring (bicyclic) bond motifs is 1. The van der Waals surface area contributed by atoms with Gasteiger partial charge in [0.2, 0.25) is 5.78 Å². The molecule has 0 unspecified atom stereocenters. The van der Waals surface area contributed by atoms with Crippen molar-refractivity contribution in [2.24, 2.45) is 0 Å². The van der Waals surface area contributed by atoms with E-state index in [-0.39, 0.29) is 22.8 Å². The van der Waals surface area contributed by atoms with Gasteiger partial charge in [-0.15, -0.1) is 0 Å². The largest absolute Gasteiger partial charge is 0.493 e. The molecule has 2 aromatic rings. The number of ether oxygens (including phenoxy) is 3. The second kappa shape index (κ2) is 7.10. The fourth-order valence-electron chi connectivity index (χ4n) is 2.46. The van der Waals surface area contributed by atoms with Gasteiger partial charge in [0.25, 0.3) is 0 Å². The number of benzene rings is 2. The molecule has 7 heteroatoms. The first kappa shape index (κ1) is 17.2. The maximum Gasteiger partial charge on any atom is 0.347 e. The summed E-state index contributed by atoms with van der Waals surface area (Å²) < 4.78 is 15.5. The van der Waals surface area contributed by atoms with Crippen molar-refractivity contribution >= 4 is 23.8 Å². The molecule has 1 N–H and O–H groups in total. The summed E-state index contributed by atoms with van der Waals surface area (Å²) in [4.78, 5) is 35.3. The van der Waals surface area contributed by atoms with Gasteiger partial charge in [-0.25, -0.2) is 9.59 Å². The number of ketones is 1. The van der Waals surface area contributed by atoms with Crippen LogP contribution >= 0.6 is 0 Å². The van der Waals surface area contributed by atoms with Gasteiger partial charge in [0, 0.05) is 0 Å². The lowest BCUT2D eigenvalue weighted by molar-refractivity contribution is -0.139. The number of Topliss-reactive ketones (excluding diaryl/α,β-unsaturated/α-hetero) is 1. The summed E-state index contributed by atoms with van der Waals surface area (Å²) in [7, 11) is 1.40. The van der Waals surface area contributed by atoms with Gasteiger partial charge in [0.05, 0.1) is 12.7 Å². The minimum Gasteiger partial charge on any atom is -0.493 e. The van der Waals surface area contributed by atoms with Gasteiger partial charge in [0.1, 0.15) is 11.3 Å².